The molecule has 1 aliphatic rings. The second-order valence-electron chi connectivity index (χ2n) is 5.75. The molecular formula is C17H27FN2S. The van der Waals surface area contributed by atoms with E-state index in [4.69, 9.17) is 0 Å². The van der Waals surface area contributed by atoms with Gasteiger partial charge in [-0.05, 0) is 56.6 Å². The third-order valence-electron chi connectivity index (χ3n) is 3.92. The maximum absolute atomic E-state index is 12.9. The summed E-state index contributed by atoms with van der Waals surface area (Å²) in [6.07, 6.45) is 5.20. The van der Waals surface area contributed by atoms with Crippen LogP contribution in [0.3, 0.4) is 0 Å². The summed E-state index contributed by atoms with van der Waals surface area (Å²) in [6.45, 7) is 6.86. The Morgan fingerprint density at radius 1 is 1.24 bits per heavy atom. The minimum atomic E-state index is -0.157. The van der Waals surface area contributed by atoms with Crippen LogP contribution in [0.15, 0.2) is 29.2 Å². The zero-order valence-corrected chi connectivity index (χ0v) is 13.8. The van der Waals surface area contributed by atoms with E-state index in [1.165, 1.54) is 50.9 Å². The Balaban J connectivity index is 1.72. The fourth-order valence-electron chi connectivity index (χ4n) is 2.83. The molecule has 118 valence electrons. The summed E-state index contributed by atoms with van der Waals surface area (Å²) in [7, 11) is 0. The quantitative estimate of drug-likeness (QED) is 0.736. The molecule has 0 aliphatic carbocycles. The van der Waals surface area contributed by atoms with Gasteiger partial charge in [-0.25, -0.2) is 4.39 Å². The summed E-state index contributed by atoms with van der Waals surface area (Å²) >= 11 is 1.82. The van der Waals surface area contributed by atoms with Crippen molar-refractivity contribution >= 4 is 11.8 Å². The van der Waals surface area contributed by atoms with Crippen LogP contribution >= 0.6 is 11.8 Å². The first-order chi connectivity index (χ1) is 10.3. The van der Waals surface area contributed by atoms with Crippen LogP contribution in [0.1, 0.15) is 32.6 Å². The van der Waals surface area contributed by atoms with Gasteiger partial charge in [0.25, 0.3) is 0 Å². The topological polar surface area (TPSA) is 15.3 Å². The molecule has 0 radical (unpaired) electrons. The van der Waals surface area contributed by atoms with Gasteiger partial charge < -0.3 is 10.2 Å². The fraction of sp³-hybridized carbons (Fsp3) is 0.647. The summed E-state index contributed by atoms with van der Waals surface area (Å²) in [5.41, 5.74) is 0. The number of nitrogens with zero attached hydrogens (tertiary/aromatic N) is 1. The van der Waals surface area contributed by atoms with Gasteiger partial charge in [0.1, 0.15) is 5.82 Å². The minimum Gasteiger partial charge on any atom is -0.313 e. The number of hydrogen-bond donors (Lipinski definition) is 1. The highest BCUT2D eigenvalue weighted by molar-refractivity contribution is 7.99. The lowest BCUT2D eigenvalue weighted by molar-refractivity contribution is 0.235. The lowest BCUT2D eigenvalue weighted by Gasteiger charge is -2.30. The number of benzene rings is 1. The van der Waals surface area contributed by atoms with Gasteiger partial charge in [-0.15, -0.1) is 11.8 Å². The van der Waals surface area contributed by atoms with Crippen LogP contribution in [0.4, 0.5) is 4.39 Å². The van der Waals surface area contributed by atoms with Crippen LogP contribution in [0, 0.1) is 5.82 Å². The standard InChI is InChI=1S/C17H27FN2S/c1-2-11-20(14-16-5-3-4-10-19-16)12-13-21-17-8-6-15(18)7-9-17/h6-9,16,19H,2-5,10-14H2,1H3. The molecule has 1 aromatic rings. The lowest BCUT2D eigenvalue weighted by Crippen LogP contribution is -2.44. The average Bonchev–Trinajstić information content (AvgIpc) is 2.50. The first-order valence-electron chi connectivity index (χ1n) is 8.12. The van der Waals surface area contributed by atoms with Gasteiger partial charge in [0, 0.05) is 29.8 Å². The van der Waals surface area contributed by atoms with Crippen molar-refractivity contribution in [1.29, 1.82) is 0 Å². The minimum absolute atomic E-state index is 0.157. The molecule has 0 amide bonds. The smallest absolute Gasteiger partial charge is 0.123 e. The van der Waals surface area contributed by atoms with Crippen molar-refractivity contribution < 1.29 is 4.39 Å². The van der Waals surface area contributed by atoms with E-state index < -0.39 is 0 Å². The van der Waals surface area contributed by atoms with Gasteiger partial charge in [-0.2, -0.15) is 0 Å². The summed E-state index contributed by atoms with van der Waals surface area (Å²) in [5.74, 6) is 0.911. The van der Waals surface area contributed by atoms with Gasteiger partial charge in [0.15, 0.2) is 0 Å². The molecule has 1 saturated heterocycles. The zero-order chi connectivity index (χ0) is 14.9. The second-order valence-corrected chi connectivity index (χ2v) is 6.92. The van der Waals surface area contributed by atoms with E-state index in [0.717, 1.165) is 23.7 Å². The molecular weight excluding hydrogens is 283 g/mol. The molecule has 1 aliphatic heterocycles. The second kappa shape index (κ2) is 9.44. The normalized spacial score (nSPS) is 19.1. The summed E-state index contributed by atoms with van der Waals surface area (Å²) < 4.78 is 12.9. The van der Waals surface area contributed by atoms with Crippen LogP contribution < -0.4 is 5.32 Å². The van der Waals surface area contributed by atoms with E-state index in [9.17, 15) is 4.39 Å². The van der Waals surface area contributed by atoms with Gasteiger partial charge in [-0.3, -0.25) is 0 Å². The largest absolute Gasteiger partial charge is 0.313 e. The van der Waals surface area contributed by atoms with Crippen LogP contribution in [-0.2, 0) is 0 Å². The number of piperidine rings is 1. The highest BCUT2D eigenvalue weighted by Crippen LogP contribution is 2.18. The summed E-state index contributed by atoms with van der Waals surface area (Å²) in [6, 6.07) is 7.48. The molecule has 0 aromatic heterocycles. The molecule has 1 N–H and O–H groups in total. The van der Waals surface area contributed by atoms with E-state index in [-0.39, 0.29) is 5.82 Å². The Hall–Kier alpha value is -0.580. The van der Waals surface area contributed by atoms with E-state index >= 15 is 0 Å². The Labute approximate surface area is 132 Å². The van der Waals surface area contributed by atoms with Gasteiger partial charge >= 0.3 is 0 Å². The van der Waals surface area contributed by atoms with E-state index in [1.54, 1.807) is 0 Å². The molecule has 2 nitrogen and oxygen atoms in total. The van der Waals surface area contributed by atoms with Gasteiger partial charge in [0.2, 0.25) is 0 Å². The lowest BCUT2D eigenvalue weighted by atomic mass is 10.0. The number of nitrogens with one attached hydrogen (secondary N) is 1. The van der Waals surface area contributed by atoms with Crippen LogP contribution in [0.5, 0.6) is 0 Å². The summed E-state index contributed by atoms with van der Waals surface area (Å²) in [5, 5.41) is 3.63. The molecule has 1 unspecified atom stereocenters. The number of rotatable bonds is 8. The van der Waals surface area contributed by atoms with Crippen molar-refractivity contribution in [3.63, 3.8) is 0 Å². The zero-order valence-electron chi connectivity index (χ0n) is 13.0. The Morgan fingerprint density at radius 2 is 2.05 bits per heavy atom. The van der Waals surface area contributed by atoms with E-state index in [0.29, 0.717) is 6.04 Å². The van der Waals surface area contributed by atoms with Crippen molar-refractivity contribution in [3.05, 3.63) is 30.1 Å². The molecule has 2 rings (SSSR count). The van der Waals surface area contributed by atoms with Crippen LogP contribution in [0.2, 0.25) is 0 Å². The van der Waals surface area contributed by atoms with Crippen molar-refractivity contribution in [2.75, 3.05) is 31.9 Å². The molecule has 4 heteroatoms. The van der Waals surface area contributed by atoms with Crippen molar-refractivity contribution in [1.82, 2.24) is 10.2 Å². The maximum atomic E-state index is 12.9. The molecule has 1 heterocycles. The molecule has 1 atom stereocenters. The highest BCUT2D eigenvalue weighted by atomic mass is 32.2. The van der Waals surface area contributed by atoms with Crippen molar-refractivity contribution in [3.8, 4) is 0 Å². The fourth-order valence-corrected chi connectivity index (χ4v) is 3.74. The number of halogens is 1. The molecule has 1 aromatic carbocycles. The Kier molecular flexibility index (Phi) is 7.54. The predicted octanol–water partition coefficient (Wildman–Crippen LogP) is 3.77. The molecule has 0 spiro atoms. The molecule has 21 heavy (non-hydrogen) atoms. The third kappa shape index (κ3) is 6.37. The number of hydrogen-bond acceptors (Lipinski definition) is 3. The maximum Gasteiger partial charge on any atom is 0.123 e. The average molecular weight is 310 g/mol. The number of thioether (sulfide) groups is 1. The molecule has 1 fully saturated rings. The van der Waals surface area contributed by atoms with Crippen molar-refractivity contribution in [2.45, 2.75) is 43.5 Å². The monoisotopic (exact) mass is 310 g/mol. The third-order valence-corrected chi connectivity index (χ3v) is 4.91. The molecule has 0 saturated carbocycles. The van der Waals surface area contributed by atoms with Gasteiger partial charge in [-0.1, -0.05) is 13.3 Å². The van der Waals surface area contributed by atoms with Crippen LogP contribution in [0.25, 0.3) is 0 Å². The first-order valence-corrected chi connectivity index (χ1v) is 9.10. The Bertz CT molecular complexity index is 390. The van der Waals surface area contributed by atoms with Gasteiger partial charge in [0.05, 0.1) is 0 Å². The first kappa shape index (κ1) is 16.8. The van der Waals surface area contributed by atoms with Crippen LogP contribution in [-0.4, -0.2) is 42.9 Å². The van der Waals surface area contributed by atoms with E-state index in [2.05, 4.69) is 17.1 Å². The molecule has 0 bridgehead atoms. The predicted molar refractivity (Wildman–Crippen MR) is 89.5 cm³/mol. The van der Waals surface area contributed by atoms with Crippen molar-refractivity contribution in [2.24, 2.45) is 0 Å². The summed E-state index contributed by atoms with van der Waals surface area (Å²) in [4.78, 5) is 3.73. The SMILES string of the molecule is CCCN(CCSc1ccc(F)cc1)CC1CCCCN1. The Morgan fingerprint density at radius 3 is 2.71 bits per heavy atom. The van der Waals surface area contributed by atoms with E-state index in [1.807, 2.05) is 23.9 Å². The highest BCUT2D eigenvalue weighted by Gasteiger charge is 2.16.